The molecule has 2 rings (SSSR count). The lowest BCUT2D eigenvalue weighted by Crippen LogP contribution is -2.27. The smallest absolute Gasteiger partial charge is 0.254 e. The van der Waals surface area contributed by atoms with Crippen molar-refractivity contribution in [3.63, 3.8) is 0 Å². The zero-order valence-electron chi connectivity index (χ0n) is 10.7. The second-order valence-corrected chi connectivity index (χ2v) is 4.30. The van der Waals surface area contributed by atoms with Gasteiger partial charge in [0.2, 0.25) is 0 Å². The summed E-state index contributed by atoms with van der Waals surface area (Å²) in [6, 6.07) is 6.55. The molecule has 3 N–H and O–H groups in total. The summed E-state index contributed by atoms with van der Waals surface area (Å²) in [5.41, 5.74) is 5.85. The summed E-state index contributed by atoms with van der Waals surface area (Å²) in [5.74, 6) is -2.14. The van der Waals surface area contributed by atoms with Crippen molar-refractivity contribution in [3.8, 4) is 0 Å². The highest BCUT2D eigenvalue weighted by atomic mass is 19.1. The number of halogens is 2. The molecule has 0 aliphatic carbocycles. The maximum Gasteiger partial charge on any atom is 0.254 e. The summed E-state index contributed by atoms with van der Waals surface area (Å²) in [6.07, 6.45) is 1.26. The van der Waals surface area contributed by atoms with E-state index in [9.17, 15) is 13.6 Å². The lowest BCUT2D eigenvalue weighted by atomic mass is 10.1. The maximum atomic E-state index is 13.7. The quantitative estimate of drug-likeness (QED) is 0.905. The molecular formula is C14H13F2N3O. The number of anilines is 1. The van der Waals surface area contributed by atoms with Crippen molar-refractivity contribution in [3.05, 3.63) is 59.3 Å². The Morgan fingerprint density at radius 1 is 1.25 bits per heavy atom. The van der Waals surface area contributed by atoms with Crippen molar-refractivity contribution in [2.75, 3.05) is 5.73 Å². The first-order valence-electron chi connectivity index (χ1n) is 5.95. The number of amides is 1. The number of nitrogen functional groups attached to an aromatic ring is 1. The van der Waals surface area contributed by atoms with Crippen molar-refractivity contribution in [2.45, 2.75) is 13.0 Å². The molecule has 2 aromatic rings. The van der Waals surface area contributed by atoms with Gasteiger partial charge in [0, 0.05) is 6.20 Å². The normalized spacial score (nSPS) is 11.9. The fourth-order valence-corrected chi connectivity index (χ4v) is 1.74. The number of hydrogen-bond donors (Lipinski definition) is 2. The van der Waals surface area contributed by atoms with Crippen LogP contribution in [0.15, 0.2) is 36.5 Å². The molecule has 1 atom stereocenters. The van der Waals surface area contributed by atoms with E-state index < -0.39 is 17.8 Å². The van der Waals surface area contributed by atoms with Gasteiger partial charge in [-0.2, -0.15) is 0 Å². The van der Waals surface area contributed by atoms with Crippen LogP contribution in [-0.4, -0.2) is 10.9 Å². The lowest BCUT2D eigenvalue weighted by Gasteiger charge is -2.14. The number of carbonyl (C=O) groups excluding carboxylic acids is 1. The molecular weight excluding hydrogens is 264 g/mol. The molecule has 0 fully saturated rings. The maximum absolute atomic E-state index is 13.7. The largest absolute Gasteiger partial charge is 0.381 e. The van der Waals surface area contributed by atoms with Crippen LogP contribution in [0.2, 0.25) is 0 Å². The zero-order chi connectivity index (χ0) is 14.7. The van der Waals surface area contributed by atoms with Crippen molar-refractivity contribution in [1.82, 2.24) is 10.3 Å². The van der Waals surface area contributed by atoms with Gasteiger partial charge in [-0.25, -0.2) is 13.8 Å². The Labute approximate surface area is 114 Å². The van der Waals surface area contributed by atoms with Gasteiger partial charge < -0.3 is 11.1 Å². The number of rotatable bonds is 3. The van der Waals surface area contributed by atoms with Crippen LogP contribution >= 0.6 is 0 Å². The van der Waals surface area contributed by atoms with E-state index in [4.69, 9.17) is 5.73 Å². The van der Waals surface area contributed by atoms with Gasteiger partial charge >= 0.3 is 0 Å². The van der Waals surface area contributed by atoms with Gasteiger partial charge in [-0.3, -0.25) is 4.79 Å². The van der Waals surface area contributed by atoms with E-state index in [0.717, 1.165) is 0 Å². The molecule has 4 nitrogen and oxygen atoms in total. The molecule has 0 saturated heterocycles. The van der Waals surface area contributed by atoms with E-state index in [1.54, 1.807) is 19.1 Å². The second kappa shape index (κ2) is 5.64. The molecule has 104 valence electrons. The molecule has 6 heteroatoms. The third-order valence-electron chi connectivity index (χ3n) is 2.88. The van der Waals surface area contributed by atoms with Gasteiger partial charge in [0.05, 0.1) is 11.6 Å². The Morgan fingerprint density at radius 2 is 1.90 bits per heavy atom. The number of aromatic nitrogens is 1. The average Bonchev–Trinajstić information content (AvgIpc) is 2.42. The van der Waals surface area contributed by atoms with E-state index in [1.807, 2.05) is 0 Å². The van der Waals surface area contributed by atoms with Crippen molar-refractivity contribution in [2.24, 2.45) is 0 Å². The summed E-state index contributed by atoms with van der Waals surface area (Å²) in [4.78, 5) is 15.5. The SMILES string of the molecule is CC(NC(=O)c1ccnc(N)c1F)c1ccc(F)cc1. The highest BCUT2D eigenvalue weighted by molar-refractivity contribution is 5.95. The van der Waals surface area contributed by atoms with Crippen LogP contribution in [0.4, 0.5) is 14.6 Å². The average molecular weight is 277 g/mol. The fraction of sp³-hybridized carbons (Fsp3) is 0.143. The number of nitrogens with two attached hydrogens (primary N) is 1. The van der Waals surface area contributed by atoms with Gasteiger partial charge in [0.25, 0.3) is 5.91 Å². The first-order chi connectivity index (χ1) is 9.49. The van der Waals surface area contributed by atoms with E-state index in [1.165, 1.54) is 24.4 Å². The minimum Gasteiger partial charge on any atom is -0.381 e. The van der Waals surface area contributed by atoms with Crippen LogP contribution in [0, 0.1) is 11.6 Å². The van der Waals surface area contributed by atoms with E-state index in [-0.39, 0.29) is 17.2 Å². The van der Waals surface area contributed by atoms with Crippen LogP contribution in [-0.2, 0) is 0 Å². The fourth-order valence-electron chi connectivity index (χ4n) is 1.74. The minimum atomic E-state index is -0.851. The third kappa shape index (κ3) is 2.90. The summed E-state index contributed by atoms with van der Waals surface area (Å²) < 4.78 is 26.5. The van der Waals surface area contributed by atoms with Gasteiger partial charge in [0.15, 0.2) is 11.6 Å². The van der Waals surface area contributed by atoms with Gasteiger partial charge in [0.1, 0.15) is 5.82 Å². The first kappa shape index (κ1) is 13.9. The van der Waals surface area contributed by atoms with E-state index >= 15 is 0 Å². The Balaban J connectivity index is 2.15. The number of nitrogens with one attached hydrogen (secondary N) is 1. The Hall–Kier alpha value is -2.50. The van der Waals surface area contributed by atoms with Crippen molar-refractivity contribution in [1.29, 1.82) is 0 Å². The van der Waals surface area contributed by atoms with Crippen LogP contribution < -0.4 is 11.1 Å². The predicted molar refractivity (Wildman–Crippen MR) is 70.9 cm³/mol. The summed E-state index contributed by atoms with van der Waals surface area (Å²) >= 11 is 0. The Morgan fingerprint density at radius 3 is 2.55 bits per heavy atom. The zero-order valence-corrected chi connectivity index (χ0v) is 10.7. The number of benzene rings is 1. The van der Waals surface area contributed by atoms with E-state index in [2.05, 4.69) is 10.3 Å². The molecule has 0 aliphatic heterocycles. The van der Waals surface area contributed by atoms with Crippen LogP contribution in [0.5, 0.6) is 0 Å². The molecule has 0 aliphatic rings. The Bertz CT molecular complexity index is 629. The predicted octanol–water partition coefficient (Wildman–Crippen LogP) is 2.43. The molecule has 20 heavy (non-hydrogen) atoms. The number of hydrogen-bond acceptors (Lipinski definition) is 3. The van der Waals surface area contributed by atoms with Crippen molar-refractivity contribution >= 4 is 11.7 Å². The summed E-state index contributed by atoms with van der Waals surface area (Å²) in [6.45, 7) is 1.72. The van der Waals surface area contributed by atoms with Crippen molar-refractivity contribution < 1.29 is 13.6 Å². The van der Waals surface area contributed by atoms with E-state index in [0.29, 0.717) is 5.56 Å². The molecule has 1 aromatic heterocycles. The molecule has 0 spiro atoms. The lowest BCUT2D eigenvalue weighted by molar-refractivity contribution is 0.0936. The summed E-state index contributed by atoms with van der Waals surface area (Å²) in [5, 5.41) is 2.62. The number of pyridine rings is 1. The molecule has 1 aromatic carbocycles. The highest BCUT2D eigenvalue weighted by Gasteiger charge is 2.17. The minimum absolute atomic E-state index is 0.175. The standard InChI is InChI=1S/C14H13F2N3O/c1-8(9-2-4-10(15)5-3-9)19-14(20)11-6-7-18-13(17)12(11)16/h2-8H,1H3,(H2,17,18)(H,19,20). The second-order valence-electron chi connectivity index (χ2n) is 4.30. The number of carbonyl (C=O) groups is 1. The van der Waals surface area contributed by atoms with Crippen LogP contribution in [0.3, 0.4) is 0 Å². The third-order valence-corrected chi connectivity index (χ3v) is 2.88. The first-order valence-corrected chi connectivity index (χ1v) is 5.95. The molecule has 0 bridgehead atoms. The highest BCUT2D eigenvalue weighted by Crippen LogP contribution is 2.16. The monoisotopic (exact) mass is 277 g/mol. The molecule has 1 heterocycles. The number of nitrogens with zero attached hydrogens (tertiary/aromatic N) is 1. The molecule has 1 amide bonds. The molecule has 0 radical (unpaired) electrons. The Kier molecular flexibility index (Phi) is 3.93. The topological polar surface area (TPSA) is 68.0 Å². The van der Waals surface area contributed by atoms with Crippen LogP contribution in [0.1, 0.15) is 28.9 Å². The van der Waals surface area contributed by atoms with Gasteiger partial charge in [-0.05, 0) is 30.7 Å². The van der Waals surface area contributed by atoms with Gasteiger partial charge in [-0.1, -0.05) is 12.1 Å². The molecule has 1 unspecified atom stereocenters. The molecule has 0 saturated carbocycles. The van der Waals surface area contributed by atoms with Crippen LogP contribution in [0.25, 0.3) is 0 Å². The van der Waals surface area contributed by atoms with Gasteiger partial charge in [-0.15, -0.1) is 0 Å². The summed E-state index contributed by atoms with van der Waals surface area (Å²) in [7, 11) is 0.